The van der Waals surface area contributed by atoms with Crippen LogP contribution in [0.4, 0.5) is 0 Å². The highest BCUT2D eigenvalue weighted by molar-refractivity contribution is 7.19. The van der Waals surface area contributed by atoms with Crippen LogP contribution in [-0.2, 0) is 11.2 Å². The Hall–Kier alpha value is -1.35. The molecule has 0 aliphatic heterocycles. The maximum absolute atomic E-state index is 11.0. The third kappa shape index (κ3) is 2.41. The first kappa shape index (κ1) is 13.1. The van der Waals surface area contributed by atoms with Gasteiger partial charge in [0.15, 0.2) is 0 Å². The van der Waals surface area contributed by atoms with Crippen molar-refractivity contribution in [2.24, 2.45) is 5.41 Å². The number of aldehydes is 1. The quantitative estimate of drug-likeness (QED) is 0.779. The SMILES string of the molecule is COc1ccc2sc(CC(C)(C)C=O)c(C)c2c1. The Morgan fingerprint density at radius 2 is 2.11 bits per heavy atom. The Bertz CT molecular complexity index is 581. The molecule has 96 valence electrons. The van der Waals surface area contributed by atoms with Crippen LogP contribution >= 0.6 is 11.3 Å². The molecule has 2 rings (SSSR count). The van der Waals surface area contributed by atoms with Gasteiger partial charge in [0.2, 0.25) is 0 Å². The van der Waals surface area contributed by atoms with Crippen LogP contribution in [0.2, 0.25) is 0 Å². The van der Waals surface area contributed by atoms with Crippen LogP contribution < -0.4 is 4.74 Å². The summed E-state index contributed by atoms with van der Waals surface area (Å²) in [7, 11) is 1.68. The molecular formula is C15H18O2S. The number of carbonyl (C=O) groups is 1. The van der Waals surface area contributed by atoms with Gasteiger partial charge >= 0.3 is 0 Å². The first-order valence-corrected chi connectivity index (χ1v) is 6.81. The number of ether oxygens (including phenoxy) is 1. The van der Waals surface area contributed by atoms with Gasteiger partial charge in [0.05, 0.1) is 7.11 Å². The van der Waals surface area contributed by atoms with Crippen LogP contribution in [0.1, 0.15) is 24.3 Å². The third-order valence-corrected chi connectivity index (χ3v) is 4.45. The van der Waals surface area contributed by atoms with Crippen molar-refractivity contribution in [2.75, 3.05) is 7.11 Å². The van der Waals surface area contributed by atoms with E-state index in [1.165, 1.54) is 20.5 Å². The lowest BCUT2D eigenvalue weighted by atomic mass is 9.89. The molecule has 0 aliphatic carbocycles. The summed E-state index contributed by atoms with van der Waals surface area (Å²) >= 11 is 1.77. The molecule has 0 N–H and O–H groups in total. The smallest absolute Gasteiger partial charge is 0.125 e. The van der Waals surface area contributed by atoms with Crippen molar-refractivity contribution in [3.8, 4) is 5.75 Å². The van der Waals surface area contributed by atoms with Crippen molar-refractivity contribution < 1.29 is 9.53 Å². The van der Waals surface area contributed by atoms with Gasteiger partial charge in [0.25, 0.3) is 0 Å². The molecular weight excluding hydrogens is 244 g/mol. The normalized spacial score (nSPS) is 11.8. The minimum absolute atomic E-state index is 0.296. The highest BCUT2D eigenvalue weighted by atomic mass is 32.1. The molecule has 0 aliphatic rings. The maximum atomic E-state index is 11.0. The number of fused-ring (bicyclic) bond motifs is 1. The van der Waals surface area contributed by atoms with Gasteiger partial charge in [-0.3, -0.25) is 0 Å². The predicted molar refractivity (Wildman–Crippen MR) is 76.7 cm³/mol. The summed E-state index contributed by atoms with van der Waals surface area (Å²) in [4.78, 5) is 12.3. The van der Waals surface area contributed by atoms with E-state index in [1.807, 2.05) is 19.9 Å². The summed E-state index contributed by atoms with van der Waals surface area (Å²) in [6, 6.07) is 6.13. The molecule has 2 aromatic rings. The zero-order chi connectivity index (χ0) is 13.3. The largest absolute Gasteiger partial charge is 0.497 e. The van der Waals surface area contributed by atoms with E-state index in [2.05, 4.69) is 19.1 Å². The van der Waals surface area contributed by atoms with Crippen LogP contribution in [0.3, 0.4) is 0 Å². The highest BCUT2D eigenvalue weighted by Gasteiger charge is 2.20. The number of carbonyl (C=O) groups excluding carboxylic acids is 1. The van der Waals surface area contributed by atoms with Gasteiger partial charge in [-0.25, -0.2) is 0 Å². The second kappa shape index (κ2) is 4.73. The zero-order valence-corrected chi connectivity index (χ0v) is 12.1. The fraction of sp³-hybridized carbons (Fsp3) is 0.400. The van der Waals surface area contributed by atoms with E-state index in [4.69, 9.17) is 4.74 Å². The molecule has 0 unspecified atom stereocenters. The predicted octanol–water partition coefficient (Wildman–Crippen LogP) is 3.99. The van der Waals surface area contributed by atoms with Crippen LogP contribution in [0.15, 0.2) is 18.2 Å². The summed E-state index contributed by atoms with van der Waals surface area (Å²) in [6.07, 6.45) is 1.83. The minimum atomic E-state index is -0.296. The topological polar surface area (TPSA) is 26.3 Å². The summed E-state index contributed by atoms with van der Waals surface area (Å²) < 4.78 is 6.51. The van der Waals surface area contributed by atoms with Gasteiger partial charge < -0.3 is 9.53 Å². The average Bonchev–Trinajstić information content (AvgIpc) is 2.65. The lowest BCUT2D eigenvalue weighted by Gasteiger charge is -2.15. The fourth-order valence-corrected chi connectivity index (χ4v) is 3.43. The van der Waals surface area contributed by atoms with Gasteiger partial charge in [-0.2, -0.15) is 0 Å². The van der Waals surface area contributed by atoms with E-state index in [0.29, 0.717) is 0 Å². The first-order valence-electron chi connectivity index (χ1n) is 5.99. The molecule has 18 heavy (non-hydrogen) atoms. The Balaban J connectivity index is 2.47. The Morgan fingerprint density at radius 1 is 1.39 bits per heavy atom. The summed E-state index contributed by atoms with van der Waals surface area (Å²) in [6.45, 7) is 6.07. The summed E-state index contributed by atoms with van der Waals surface area (Å²) in [5, 5.41) is 1.23. The molecule has 0 radical (unpaired) electrons. The molecule has 0 saturated carbocycles. The van der Waals surface area contributed by atoms with Gasteiger partial charge in [-0.15, -0.1) is 11.3 Å². The maximum Gasteiger partial charge on any atom is 0.125 e. The number of aryl methyl sites for hydroxylation is 1. The molecule has 0 fully saturated rings. The highest BCUT2D eigenvalue weighted by Crippen LogP contribution is 2.36. The van der Waals surface area contributed by atoms with Crippen molar-refractivity contribution in [1.29, 1.82) is 0 Å². The number of rotatable bonds is 4. The molecule has 1 aromatic carbocycles. The second-order valence-corrected chi connectivity index (χ2v) is 6.43. The van der Waals surface area contributed by atoms with E-state index >= 15 is 0 Å². The molecule has 1 heterocycles. The molecule has 2 nitrogen and oxygen atoms in total. The van der Waals surface area contributed by atoms with E-state index in [1.54, 1.807) is 18.4 Å². The lowest BCUT2D eigenvalue weighted by Crippen LogP contribution is -2.16. The molecule has 0 saturated heterocycles. The number of benzene rings is 1. The monoisotopic (exact) mass is 262 g/mol. The molecule has 0 bridgehead atoms. The third-order valence-electron chi connectivity index (χ3n) is 3.18. The minimum Gasteiger partial charge on any atom is -0.497 e. The number of methoxy groups -OCH3 is 1. The molecule has 3 heteroatoms. The van der Waals surface area contributed by atoms with Crippen LogP contribution in [0.5, 0.6) is 5.75 Å². The van der Waals surface area contributed by atoms with E-state index in [-0.39, 0.29) is 5.41 Å². The van der Waals surface area contributed by atoms with Crippen molar-refractivity contribution in [1.82, 2.24) is 0 Å². The molecule has 1 aromatic heterocycles. The average molecular weight is 262 g/mol. The van der Waals surface area contributed by atoms with Gasteiger partial charge in [-0.05, 0) is 42.5 Å². The van der Waals surface area contributed by atoms with Crippen LogP contribution in [0, 0.1) is 12.3 Å². The molecule has 0 amide bonds. The standard InChI is InChI=1S/C15H18O2S/c1-10-12-7-11(17-4)5-6-13(12)18-14(10)8-15(2,3)9-16/h5-7,9H,8H2,1-4H3. The van der Waals surface area contributed by atoms with E-state index in [0.717, 1.165) is 18.5 Å². The van der Waals surface area contributed by atoms with Gasteiger partial charge in [0, 0.05) is 15.0 Å². The number of thiophene rings is 1. The van der Waals surface area contributed by atoms with Crippen molar-refractivity contribution >= 4 is 27.7 Å². The Morgan fingerprint density at radius 3 is 2.72 bits per heavy atom. The molecule has 0 spiro atoms. The summed E-state index contributed by atoms with van der Waals surface area (Å²) in [5.41, 5.74) is 0.972. The van der Waals surface area contributed by atoms with Crippen LogP contribution in [0.25, 0.3) is 10.1 Å². The number of hydrogen-bond donors (Lipinski definition) is 0. The zero-order valence-electron chi connectivity index (χ0n) is 11.2. The Kier molecular flexibility index (Phi) is 3.44. The van der Waals surface area contributed by atoms with Crippen molar-refractivity contribution in [3.05, 3.63) is 28.6 Å². The van der Waals surface area contributed by atoms with Crippen LogP contribution in [-0.4, -0.2) is 13.4 Å². The second-order valence-electron chi connectivity index (χ2n) is 5.30. The number of hydrogen-bond acceptors (Lipinski definition) is 3. The first-order chi connectivity index (χ1) is 8.46. The van der Waals surface area contributed by atoms with Crippen molar-refractivity contribution in [2.45, 2.75) is 27.2 Å². The lowest BCUT2D eigenvalue weighted by molar-refractivity contribution is -0.114. The molecule has 0 atom stereocenters. The van der Waals surface area contributed by atoms with E-state index in [9.17, 15) is 4.79 Å². The van der Waals surface area contributed by atoms with Crippen molar-refractivity contribution in [3.63, 3.8) is 0 Å². The van der Waals surface area contributed by atoms with E-state index < -0.39 is 0 Å². The van der Waals surface area contributed by atoms with Gasteiger partial charge in [0.1, 0.15) is 12.0 Å². The summed E-state index contributed by atoms with van der Waals surface area (Å²) in [5.74, 6) is 0.879. The fourth-order valence-electron chi connectivity index (χ4n) is 2.00. The Labute approximate surface area is 112 Å². The van der Waals surface area contributed by atoms with Gasteiger partial charge in [-0.1, -0.05) is 13.8 Å².